The molecule has 1 aliphatic heterocycles. The molecule has 1 aliphatic rings. The van der Waals surface area contributed by atoms with E-state index in [0.29, 0.717) is 29.1 Å². The monoisotopic (exact) mass is 474 g/mol. The molecule has 4 aromatic rings. The van der Waals surface area contributed by atoms with Gasteiger partial charge in [-0.05, 0) is 44.2 Å². The van der Waals surface area contributed by atoms with E-state index in [4.69, 9.17) is 0 Å². The summed E-state index contributed by atoms with van der Waals surface area (Å²) >= 11 is 0. The molecule has 0 amide bonds. The summed E-state index contributed by atoms with van der Waals surface area (Å²) < 4.78 is 16.6. The number of imidazole rings is 1. The molecule has 0 N–H and O–H groups in total. The number of fused-ring (bicyclic) bond motifs is 1. The van der Waals surface area contributed by atoms with Crippen molar-refractivity contribution in [3.63, 3.8) is 0 Å². The van der Waals surface area contributed by atoms with Crippen molar-refractivity contribution in [1.82, 2.24) is 39.3 Å². The number of hydrogen-bond donors (Lipinski definition) is 0. The molecule has 35 heavy (non-hydrogen) atoms. The Kier molecular flexibility index (Phi) is 6.79. The Morgan fingerprint density at radius 2 is 1.74 bits per heavy atom. The standard InChI is InChI=1S/C26H31FN8/c1-4-33-9-11-34(12-10-33)16-19-5-6-20(29-15-19)13-24-28-8-7-21(31-24)22-14-23-25(26(27)32-22)30-17-35(23)18(2)3/h5-8,14-15,17-18H,4,9-13,16H2,1-3H3. The van der Waals surface area contributed by atoms with E-state index < -0.39 is 5.95 Å². The second kappa shape index (κ2) is 10.1. The van der Waals surface area contributed by atoms with Gasteiger partial charge in [0, 0.05) is 56.9 Å². The SMILES string of the molecule is CCN1CCN(Cc2ccc(Cc3nccc(-c4cc5c(ncn5C(C)C)c(F)n4)n3)nc2)CC1. The van der Waals surface area contributed by atoms with Crippen LogP contribution < -0.4 is 0 Å². The summed E-state index contributed by atoms with van der Waals surface area (Å²) in [7, 11) is 0. The van der Waals surface area contributed by atoms with Crippen molar-refractivity contribution in [2.24, 2.45) is 0 Å². The number of hydrogen-bond acceptors (Lipinski definition) is 7. The maximum absolute atomic E-state index is 14.7. The Hall–Kier alpha value is -3.30. The molecule has 0 unspecified atom stereocenters. The quantitative estimate of drug-likeness (QED) is 0.378. The number of likely N-dealkylation sites (N-methyl/N-ethyl adjacent to an activating group) is 1. The summed E-state index contributed by atoms with van der Waals surface area (Å²) in [6.45, 7) is 12.8. The van der Waals surface area contributed by atoms with Crippen molar-refractivity contribution in [1.29, 1.82) is 0 Å². The van der Waals surface area contributed by atoms with E-state index >= 15 is 0 Å². The van der Waals surface area contributed by atoms with Crippen LogP contribution in [0.1, 0.15) is 43.9 Å². The first-order valence-electron chi connectivity index (χ1n) is 12.2. The van der Waals surface area contributed by atoms with Gasteiger partial charge in [0.2, 0.25) is 5.95 Å². The summed E-state index contributed by atoms with van der Waals surface area (Å²) in [6, 6.07) is 7.92. The van der Waals surface area contributed by atoms with E-state index in [2.05, 4.69) is 47.7 Å². The highest BCUT2D eigenvalue weighted by atomic mass is 19.1. The molecule has 0 spiro atoms. The van der Waals surface area contributed by atoms with Crippen molar-refractivity contribution >= 4 is 11.0 Å². The lowest BCUT2D eigenvalue weighted by Gasteiger charge is -2.33. The average Bonchev–Trinajstić information content (AvgIpc) is 3.31. The van der Waals surface area contributed by atoms with E-state index in [1.807, 2.05) is 36.7 Å². The Balaban J connectivity index is 1.30. The van der Waals surface area contributed by atoms with Crippen molar-refractivity contribution < 1.29 is 4.39 Å². The summed E-state index contributed by atoms with van der Waals surface area (Å²) in [5.41, 5.74) is 4.13. The molecule has 0 atom stereocenters. The largest absolute Gasteiger partial charge is 0.328 e. The predicted octanol–water partition coefficient (Wildman–Crippen LogP) is 3.73. The third-order valence-electron chi connectivity index (χ3n) is 6.59. The van der Waals surface area contributed by atoms with Crippen LogP contribution in [-0.4, -0.2) is 72.0 Å². The van der Waals surface area contributed by atoms with Crippen LogP contribution in [0.4, 0.5) is 4.39 Å². The van der Waals surface area contributed by atoms with Gasteiger partial charge in [0.1, 0.15) is 11.3 Å². The van der Waals surface area contributed by atoms with Crippen LogP contribution in [0.2, 0.25) is 0 Å². The van der Waals surface area contributed by atoms with E-state index in [0.717, 1.165) is 45.0 Å². The van der Waals surface area contributed by atoms with Crippen LogP contribution in [0.3, 0.4) is 0 Å². The minimum absolute atomic E-state index is 0.158. The summed E-state index contributed by atoms with van der Waals surface area (Å²) in [5, 5.41) is 0. The van der Waals surface area contributed by atoms with Crippen molar-refractivity contribution in [2.75, 3.05) is 32.7 Å². The molecule has 0 saturated carbocycles. The van der Waals surface area contributed by atoms with E-state index in [1.54, 1.807) is 18.6 Å². The minimum Gasteiger partial charge on any atom is -0.328 e. The first-order valence-corrected chi connectivity index (χ1v) is 12.2. The van der Waals surface area contributed by atoms with Crippen LogP contribution in [0, 0.1) is 5.95 Å². The molecule has 0 aliphatic carbocycles. The number of piperazine rings is 1. The lowest BCUT2D eigenvalue weighted by atomic mass is 10.2. The van der Waals surface area contributed by atoms with Gasteiger partial charge in [0.15, 0.2) is 0 Å². The highest BCUT2D eigenvalue weighted by molar-refractivity contribution is 5.79. The van der Waals surface area contributed by atoms with E-state index in [9.17, 15) is 4.39 Å². The molecule has 9 heteroatoms. The first kappa shape index (κ1) is 23.4. The molecule has 5 rings (SSSR count). The number of aromatic nitrogens is 6. The van der Waals surface area contributed by atoms with E-state index in [-0.39, 0.29) is 11.6 Å². The number of nitrogens with zero attached hydrogens (tertiary/aromatic N) is 8. The lowest BCUT2D eigenvalue weighted by Crippen LogP contribution is -2.45. The van der Waals surface area contributed by atoms with Gasteiger partial charge in [0.25, 0.3) is 0 Å². The number of pyridine rings is 2. The molecule has 1 saturated heterocycles. The molecule has 0 radical (unpaired) electrons. The van der Waals surface area contributed by atoms with Gasteiger partial charge in [-0.15, -0.1) is 0 Å². The Labute approximate surface area is 204 Å². The third kappa shape index (κ3) is 5.21. The van der Waals surface area contributed by atoms with Crippen molar-refractivity contribution in [3.05, 3.63) is 66.0 Å². The Morgan fingerprint density at radius 3 is 2.46 bits per heavy atom. The Bertz CT molecular complexity index is 1290. The smallest absolute Gasteiger partial charge is 0.241 e. The predicted molar refractivity (Wildman–Crippen MR) is 133 cm³/mol. The van der Waals surface area contributed by atoms with Gasteiger partial charge in [-0.1, -0.05) is 13.0 Å². The topological polar surface area (TPSA) is 75.9 Å². The fourth-order valence-corrected chi connectivity index (χ4v) is 4.50. The van der Waals surface area contributed by atoms with Crippen molar-refractivity contribution in [2.45, 2.75) is 39.8 Å². The maximum atomic E-state index is 14.7. The first-order chi connectivity index (χ1) is 17.0. The fraction of sp³-hybridized carbons (Fsp3) is 0.423. The van der Waals surface area contributed by atoms with Gasteiger partial charge in [0.05, 0.1) is 29.7 Å². The van der Waals surface area contributed by atoms with E-state index in [1.165, 1.54) is 5.56 Å². The van der Waals surface area contributed by atoms with Gasteiger partial charge in [-0.25, -0.2) is 19.9 Å². The molecule has 5 heterocycles. The highest BCUT2D eigenvalue weighted by Gasteiger charge is 2.17. The minimum atomic E-state index is -0.592. The van der Waals surface area contributed by atoms with Gasteiger partial charge < -0.3 is 9.47 Å². The van der Waals surface area contributed by atoms with Gasteiger partial charge in [-0.2, -0.15) is 4.39 Å². The molecule has 4 aromatic heterocycles. The lowest BCUT2D eigenvalue weighted by molar-refractivity contribution is 0.132. The van der Waals surface area contributed by atoms with Crippen LogP contribution in [0.25, 0.3) is 22.4 Å². The summed E-state index contributed by atoms with van der Waals surface area (Å²) in [5.74, 6) is 0.0311. The molecule has 8 nitrogen and oxygen atoms in total. The molecule has 0 bridgehead atoms. The molecular formula is C26H31FN8. The van der Waals surface area contributed by atoms with Crippen LogP contribution in [-0.2, 0) is 13.0 Å². The third-order valence-corrected chi connectivity index (χ3v) is 6.59. The highest BCUT2D eigenvalue weighted by Crippen LogP contribution is 2.24. The van der Waals surface area contributed by atoms with Crippen LogP contribution >= 0.6 is 0 Å². The fourth-order valence-electron chi connectivity index (χ4n) is 4.50. The molecule has 182 valence electrons. The average molecular weight is 475 g/mol. The number of rotatable bonds is 7. The maximum Gasteiger partial charge on any atom is 0.241 e. The Morgan fingerprint density at radius 1 is 0.943 bits per heavy atom. The van der Waals surface area contributed by atoms with Gasteiger partial charge in [-0.3, -0.25) is 9.88 Å². The second-order valence-electron chi connectivity index (χ2n) is 9.31. The van der Waals surface area contributed by atoms with Gasteiger partial charge >= 0.3 is 0 Å². The summed E-state index contributed by atoms with van der Waals surface area (Å²) in [6.07, 6.45) is 5.78. The zero-order chi connectivity index (χ0) is 24.4. The summed E-state index contributed by atoms with van der Waals surface area (Å²) in [4.78, 5) is 27.0. The second-order valence-corrected chi connectivity index (χ2v) is 9.31. The van der Waals surface area contributed by atoms with Crippen LogP contribution in [0.15, 0.2) is 43.0 Å². The normalized spacial score (nSPS) is 15.3. The van der Waals surface area contributed by atoms with Crippen LogP contribution in [0.5, 0.6) is 0 Å². The molecule has 0 aromatic carbocycles. The zero-order valence-corrected chi connectivity index (χ0v) is 20.5. The molecular weight excluding hydrogens is 443 g/mol. The number of halogens is 1. The molecule has 1 fully saturated rings. The van der Waals surface area contributed by atoms with Crippen molar-refractivity contribution in [3.8, 4) is 11.4 Å². The zero-order valence-electron chi connectivity index (χ0n) is 20.5.